The standard InChI is InChI=1S/C30H36F3N7/c1-5-26(38-29(35-4)37-24-17-20(2)16-21(3)18-24)28-27(22-6-8-23(9-7-22)30(31,32)33)36-19-40(28)25-10-13-39(14-11-25)15-12-34/h5-9,16-19,25H,4,10-15,34H2,1-3H3,(H,37,38)/b26-5-. The first-order valence-electron chi connectivity index (χ1n) is 13.4. The van der Waals surface area contributed by atoms with Gasteiger partial charge in [0.15, 0.2) is 0 Å². The zero-order valence-electron chi connectivity index (χ0n) is 23.2. The van der Waals surface area contributed by atoms with Crippen LogP contribution in [0.2, 0.25) is 0 Å². The number of nitrogens with zero attached hydrogens (tertiary/aromatic N) is 5. The van der Waals surface area contributed by atoms with Crippen molar-refractivity contribution < 1.29 is 13.2 Å². The van der Waals surface area contributed by atoms with Gasteiger partial charge >= 0.3 is 6.18 Å². The maximum atomic E-state index is 13.2. The van der Waals surface area contributed by atoms with Gasteiger partial charge in [0.2, 0.25) is 5.96 Å². The van der Waals surface area contributed by atoms with Crippen LogP contribution in [-0.4, -0.2) is 53.3 Å². The van der Waals surface area contributed by atoms with Crippen LogP contribution in [-0.2, 0) is 6.18 Å². The number of aromatic nitrogens is 2. The fourth-order valence-electron chi connectivity index (χ4n) is 5.17. The molecule has 0 unspecified atom stereocenters. The van der Waals surface area contributed by atoms with Crippen molar-refractivity contribution in [1.29, 1.82) is 0 Å². The van der Waals surface area contributed by atoms with Gasteiger partial charge in [0.05, 0.1) is 29.0 Å². The molecular weight excluding hydrogens is 515 g/mol. The number of rotatable bonds is 7. The van der Waals surface area contributed by atoms with Gasteiger partial charge in [-0.2, -0.15) is 13.2 Å². The molecule has 2 aromatic carbocycles. The van der Waals surface area contributed by atoms with E-state index < -0.39 is 11.7 Å². The third-order valence-corrected chi connectivity index (χ3v) is 7.05. The van der Waals surface area contributed by atoms with Crippen molar-refractivity contribution >= 4 is 24.1 Å². The van der Waals surface area contributed by atoms with Crippen molar-refractivity contribution in [3.05, 3.63) is 77.3 Å². The predicted molar refractivity (Wildman–Crippen MR) is 157 cm³/mol. The Bertz CT molecular complexity index is 1360. The molecule has 4 rings (SSSR count). The van der Waals surface area contributed by atoms with Crippen LogP contribution >= 0.6 is 0 Å². The van der Waals surface area contributed by atoms with Gasteiger partial charge in [0.25, 0.3) is 0 Å². The fraction of sp³-hybridized carbons (Fsp3) is 0.367. The highest BCUT2D eigenvalue weighted by Gasteiger charge is 2.31. The Morgan fingerprint density at radius 3 is 2.33 bits per heavy atom. The van der Waals surface area contributed by atoms with Gasteiger partial charge < -0.3 is 20.5 Å². The van der Waals surface area contributed by atoms with Gasteiger partial charge in [-0.15, -0.1) is 0 Å². The summed E-state index contributed by atoms with van der Waals surface area (Å²) in [6, 6.07) is 11.3. The quantitative estimate of drug-likeness (QED) is 0.266. The van der Waals surface area contributed by atoms with Crippen molar-refractivity contribution in [1.82, 2.24) is 14.5 Å². The Balaban J connectivity index is 1.75. The van der Waals surface area contributed by atoms with E-state index in [9.17, 15) is 13.2 Å². The number of alkyl halides is 3. The molecule has 1 saturated heterocycles. The van der Waals surface area contributed by atoms with Crippen LogP contribution in [0.3, 0.4) is 0 Å². The number of halogens is 3. The van der Waals surface area contributed by atoms with Crippen LogP contribution in [0.1, 0.15) is 48.2 Å². The van der Waals surface area contributed by atoms with Crippen LogP contribution in [0.5, 0.6) is 0 Å². The van der Waals surface area contributed by atoms with E-state index in [1.807, 2.05) is 39.0 Å². The molecule has 0 radical (unpaired) electrons. The highest BCUT2D eigenvalue weighted by molar-refractivity contribution is 6.00. The lowest BCUT2D eigenvalue weighted by Gasteiger charge is -2.33. The highest BCUT2D eigenvalue weighted by atomic mass is 19.4. The third kappa shape index (κ3) is 6.86. The number of aryl methyl sites for hydroxylation is 2. The van der Waals surface area contributed by atoms with Gasteiger partial charge in [0, 0.05) is 43.5 Å². The zero-order valence-corrected chi connectivity index (χ0v) is 23.2. The van der Waals surface area contributed by atoms with Gasteiger partial charge in [-0.1, -0.05) is 24.3 Å². The van der Waals surface area contributed by atoms with E-state index in [0.29, 0.717) is 29.5 Å². The van der Waals surface area contributed by atoms with E-state index in [1.165, 1.54) is 12.1 Å². The summed E-state index contributed by atoms with van der Waals surface area (Å²) in [5.74, 6) is 0.307. The third-order valence-electron chi connectivity index (χ3n) is 7.05. The second-order valence-corrected chi connectivity index (χ2v) is 10.1. The first-order chi connectivity index (χ1) is 19.1. The number of allylic oxidation sites excluding steroid dienone is 1. The maximum absolute atomic E-state index is 13.2. The minimum Gasteiger partial charge on any atom is -0.329 e. The lowest BCUT2D eigenvalue weighted by molar-refractivity contribution is -0.137. The number of likely N-dealkylation sites (tertiary alicyclic amines) is 1. The Morgan fingerprint density at radius 1 is 1.12 bits per heavy atom. The first-order valence-corrected chi connectivity index (χ1v) is 13.4. The van der Waals surface area contributed by atoms with E-state index in [0.717, 1.165) is 67.1 Å². The normalized spacial score (nSPS) is 15.9. The van der Waals surface area contributed by atoms with Crippen LogP contribution < -0.4 is 11.1 Å². The molecule has 7 nitrogen and oxygen atoms in total. The minimum atomic E-state index is -4.42. The summed E-state index contributed by atoms with van der Waals surface area (Å²) in [6.45, 7) is 12.9. The molecule has 3 aromatic rings. The summed E-state index contributed by atoms with van der Waals surface area (Å²) in [4.78, 5) is 16.0. The van der Waals surface area contributed by atoms with E-state index >= 15 is 0 Å². The molecule has 1 aliphatic rings. The molecule has 0 atom stereocenters. The second-order valence-electron chi connectivity index (χ2n) is 10.1. The lowest BCUT2D eigenvalue weighted by atomic mass is 10.0. The monoisotopic (exact) mass is 551 g/mol. The molecule has 0 saturated carbocycles. The molecule has 2 heterocycles. The SMILES string of the molecule is C=N/C(=N\C(=C/C)c1c(-c2ccc(C(F)(F)F)cc2)ncn1C1CCN(CCN)CC1)Nc1cc(C)cc(C)c1. The number of guanidine groups is 1. The smallest absolute Gasteiger partial charge is 0.329 e. The molecule has 1 fully saturated rings. The molecule has 1 aromatic heterocycles. The van der Waals surface area contributed by atoms with Crippen molar-refractivity contribution in [3.63, 3.8) is 0 Å². The van der Waals surface area contributed by atoms with E-state index in [-0.39, 0.29) is 6.04 Å². The molecule has 0 bridgehead atoms. The molecule has 0 aliphatic carbocycles. The van der Waals surface area contributed by atoms with E-state index in [2.05, 4.69) is 37.5 Å². The molecular formula is C30H36F3N7. The van der Waals surface area contributed by atoms with Gasteiger partial charge in [-0.05, 0) is 75.7 Å². The van der Waals surface area contributed by atoms with Crippen molar-refractivity contribution in [2.45, 2.75) is 45.8 Å². The number of hydrogen-bond donors (Lipinski definition) is 2. The number of nitrogens with one attached hydrogen (secondary N) is 1. The molecule has 212 valence electrons. The summed E-state index contributed by atoms with van der Waals surface area (Å²) in [5.41, 5.74) is 10.5. The molecule has 1 aliphatic heterocycles. The van der Waals surface area contributed by atoms with Gasteiger partial charge in [-0.25, -0.2) is 15.0 Å². The average Bonchev–Trinajstić information content (AvgIpc) is 3.35. The van der Waals surface area contributed by atoms with Crippen LogP contribution in [0, 0.1) is 13.8 Å². The average molecular weight is 552 g/mol. The van der Waals surface area contributed by atoms with Crippen LogP contribution in [0.15, 0.2) is 64.9 Å². The number of imidazole rings is 1. The van der Waals surface area contributed by atoms with E-state index in [4.69, 9.17) is 10.7 Å². The van der Waals surface area contributed by atoms with Crippen LogP contribution in [0.25, 0.3) is 17.0 Å². The number of benzene rings is 2. The van der Waals surface area contributed by atoms with Crippen molar-refractivity contribution in [2.24, 2.45) is 15.7 Å². The largest absolute Gasteiger partial charge is 0.416 e. The summed E-state index contributed by atoms with van der Waals surface area (Å²) in [7, 11) is 0. The number of hydrogen-bond acceptors (Lipinski definition) is 4. The minimum absolute atomic E-state index is 0.150. The second kappa shape index (κ2) is 12.6. The summed E-state index contributed by atoms with van der Waals surface area (Å²) in [5, 5.41) is 3.25. The molecule has 0 spiro atoms. The number of nitrogens with two attached hydrogens (primary N) is 1. The number of piperidine rings is 1. The van der Waals surface area contributed by atoms with Crippen LogP contribution in [0.4, 0.5) is 18.9 Å². The molecule has 10 heteroatoms. The molecule has 0 amide bonds. The van der Waals surface area contributed by atoms with Crippen molar-refractivity contribution in [3.8, 4) is 11.3 Å². The zero-order chi connectivity index (χ0) is 28.9. The Labute approximate surface area is 233 Å². The highest BCUT2D eigenvalue weighted by Crippen LogP contribution is 2.36. The predicted octanol–water partition coefficient (Wildman–Crippen LogP) is 6.31. The Morgan fingerprint density at radius 2 is 1.77 bits per heavy atom. The maximum Gasteiger partial charge on any atom is 0.416 e. The Hall–Kier alpha value is -3.76. The molecule has 40 heavy (non-hydrogen) atoms. The van der Waals surface area contributed by atoms with E-state index in [1.54, 1.807) is 6.33 Å². The Kier molecular flexibility index (Phi) is 9.21. The fourth-order valence-corrected chi connectivity index (χ4v) is 5.17. The lowest BCUT2D eigenvalue weighted by Crippen LogP contribution is -2.37. The van der Waals surface area contributed by atoms with Crippen molar-refractivity contribution in [2.75, 3.05) is 31.5 Å². The number of anilines is 1. The summed E-state index contributed by atoms with van der Waals surface area (Å²) >= 11 is 0. The first kappa shape index (κ1) is 29.2. The van der Waals surface area contributed by atoms with Gasteiger partial charge in [0.1, 0.15) is 0 Å². The summed E-state index contributed by atoms with van der Waals surface area (Å²) in [6.07, 6.45) is 0.997. The summed E-state index contributed by atoms with van der Waals surface area (Å²) < 4.78 is 41.8. The topological polar surface area (TPSA) is 83.8 Å². The molecule has 3 N–H and O–H groups in total. The van der Waals surface area contributed by atoms with Gasteiger partial charge in [-0.3, -0.25) is 0 Å². The number of aliphatic imine (C=N–C) groups is 2.